The molecular formula is C16H30N2O. The average molecular weight is 266 g/mol. The summed E-state index contributed by atoms with van der Waals surface area (Å²) in [5, 5.41) is 3.51. The number of hydrogen-bond acceptors (Lipinski definition) is 2. The Morgan fingerprint density at radius 2 is 2.05 bits per heavy atom. The zero-order valence-electron chi connectivity index (χ0n) is 13.0. The summed E-state index contributed by atoms with van der Waals surface area (Å²) in [6.45, 7) is 12.5. The molecule has 0 amide bonds. The van der Waals surface area contributed by atoms with E-state index in [1.165, 1.54) is 5.56 Å². The van der Waals surface area contributed by atoms with Crippen molar-refractivity contribution in [2.75, 3.05) is 19.8 Å². The molecule has 110 valence electrons. The van der Waals surface area contributed by atoms with Crippen molar-refractivity contribution in [3.05, 3.63) is 24.0 Å². The van der Waals surface area contributed by atoms with Gasteiger partial charge in [0.1, 0.15) is 0 Å². The second-order valence-corrected chi connectivity index (χ2v) is 5.50. The molecule has 0 fully saturated rings. The van der Waals surface area contributed by atoms with Gasteiger partial charge in [-0.3, -0.25) is 0 Å². The van der Waals surface area contributed by atoms with E-state index < -0.39 is 0 Å². The lowest BCUT2D eigenvalue weighted by Gasteiger charge is -2.14. The summed E-state index contributed by atoms with van der Waals surface area (Å²) in [6, 6.07) is 2.69. The third kappa shape index (κ3) is 6.26. The molecule has 1 aromatic rings. The fourth-order valence-corrected chi connectivity index (χ4v) is 2.14. The number of nitrogens with one attached hydrogen (secondary N) is 1. The highest BCUT2D eigenvalue weighted by atomic mass is 16.5. The van der Waals surface area contributed by atoms with Gasteiger partial charge < -0.3 is 14.6 Å². The molecule has 1 aromatic heterocycles. The smallest absolute Gasteiger partial charge is 0.0645 e. The van der Waals surface area contributed by atoms with E-state index in [9.17, 15) is 0 Å². The lowest BCUT2D eigenvalue weighted by molar-refractivity contribution is 0.116. The van der Waals surface area contributed by atoms with E-state index in [1.807, 2.05) is 0 Å². The zero-order chi connectivity index (χ0) is 14.1. The van der Waals surface area contributed by atoms with Gasteiger partial charge >= 0.3 is 0 Å². The molecule has 0 aromatic carbocycles. The van der Waals surface area contributed by atoms with Crippen molar-refractivity contribution >= 4 is 0 Å². The van der Waals surface area contributed by atoms with Gasteiger partial charge in [0.05, 0.1) is 6.61 Å². The van der Waals surface area contributed by atoms with Crippen LogP contribution in [0.5, 0.6) is 0 Å². The summed E-state index contributed by atoms with van der Waals surface area (Å²) in [7, 11) is 0. The molecule has 1 unspecified atom stereocenters. The third-order valence-corrected chi connectivity index (χ3v) is 3.37. The maximum absolute atomic E-state index is 5.66. The predicted octanol–water partition coefficient (Wildman–Crippen LogP) is 3.61. The summed E-state index contributed by atoms with van der Waals surface area (Å²) in [6.07, 6.45) is 6.67. The quantitative estimate of drug-likeness (QED) is 0.655. The van der Waals surface area contributed by atoms with Gasteiger partial charge in [-0.25, -0.2) is 0 Å². The molecule has 19 heavy (non-hydrogen) atoms. The first-order chi connectivity index (χ1) is 9.17. The van der Waals surface area contributed by atoms with E-state index in [4.69, 9.17) is 4.74 Å². The molecule has 3 nitrogen and oxygen atoms in total. The van der Waals surface area contributed by atoms with Gasteiger partial charge in [-0.15, -0.1) is 0 Å². The van der Waals surface area contributed by atoms with Gasteiger partial charge in [-0.1, -0.05) is 27.7 Å². The maximum Gasteiger partial charge on any atom is 0.0645 e. The first-order valence-electron chi connectivity index (χ1n) is 7.64. The van der Waals surface area contributed by atoms with E-state index in [1.54, 1.807) is 0 Å². The number of nitrogens with zero attached hydrogens (tertiary/aromatic N) is 1. The van der Waals surface area contributed by atoms with Crippen LogP contribution >= 0.6 is 0 Å². The molecule has 1 rings (SSSR count). The monoisotopic (exact) mass is 266 g/mol. The van der Waals surface area contributed by atoms with Crippen LogP contribution in [0.15, 0.2) is 18.5 Å². The van der Waals surface area contributed by atoms with Crippen LogP contribution in [0.2, 0.25) is 0 Å². The van der Waals surface area contributed by atoms with Gasteiger partial charge in [-0.2, -0.15) is 0 Å². The minimum absolute atomic E-state index is 0.480. The molecule has 1 atom stereocenters. The van der Waals surface area contributed by atoms with Gasteiger partial charge in [0.2, 0.25) is 0 Å². The molecule has 0 spiro atoms. The van der Waals surface area contributed by atoms with Crippen molar-refractivity contribution in [1.82, 2.24) is 9.88 Å². The summed E-state index contributed by atoms with van der Waals surface area (Å²) in [5.74, 6) is 0.726. The normalized spacial score (nSPS) is 13.1. The Balaban J connectivity index is 2.30. The van der Waals surface area contributed by atoms with E-state index in [-0.39, 0.29) is 0 Å². The Morgan fingerprint density at radius 1 is 1.26 bits per heavy atom. The van der Waals surface area contributed by atoms with Crippen LogP contribution in [0.25, 0.3) is 0 Å². The van der Waals surface area contributed by atoms with Gasteiger partial charge in [0.25, 0.3) is 0 Å². The molecular weight excluding hydrogens is 236 g/mol. The lowest BCUT2D eigenvalue weighted by Crippen LogP contribution is -2.19. The summed E-state index contributed by atoms with van der Waals surface area (Å²) < 4.78 is 7.88. The maximum atomic E-state index is 5.66. The van der Waals surface area contributed by atoms with Crippen LogP contribution in [0.3, 0.4) is 0 Å². The highest BCUT2D eigenvalue weighted by Crippen LogP contribution is 2.16. The molecule has 1 heterocycles. The van der Waals surface area contributed by atoms with Crippen LogP contribution in [0, 0.1) is 5.92 Å². The van der Waals surface area contributed by atoms with Gasteiger partial charge in [0, 0.05) is 31.6 Å². The molecule has 0 saturated carbocycles. The highest BCUT2D eigenvalue weighted by Gasteiger charge is 2.08. The van der Waals surface area contributed by atoms with Crippen molar-refractivity contribution < 1.29 is 4.74 Å². The van der Waals surface area contributed by atoms with Crippen LogP contribution in [-0.4, -0.2) is 24.3 Å². The minimum Gasteiger partial charge on any atom is -0.380 e. The van der Waals surface area contributed by atoms with Crippen molar-refractivity contribution in [2.45, 2.75) is 53.1 Å². The molecule has 0 radical (unpaired) electrons. The van der Waals surface area contributed by atoms with E-state index in [2.05, 4.69) is 56.0 Å². The Bertz CT molecular complexity index is 333. The van der Waals surface area contributed by atoms with Crippen molar-refractivity contribution in [3.63, 3.8) is 0 Å². The molecule has 0 aliphatic heterocycles. The van der Waals surface area contributed by atoms with Crippen molar-refractivity contribution in [3.8, 4) is 0 Å². The van der Waals surface area contributed by atoms with Crippen LogP contribution in [-0.2, 0) is 11.3 Å². The van der Waals surface area contributed by atoms with Gasteiger partial charge in [-0.05, 0) is 36.9 Å². The topological polar surface area (TPSA) is 26.2 Å². The van der Waals surface area contributed by atoms with E-state index in [0.717, 1.165) is 45.1 Å². The largest absolute Gasteiger partial charge is 0.380 e. The summed E-state index contributed by atoms with van der Waals surface area (Å²) in [5.41, 5.74) is 1.38. The molecule has 0 saturated heterocycles. The second-order valence-electron chi connectivity index (χ2n) is 5.50. The third-order valence-electron chi connectivity index (χ3n) is 3.37. The van der Waals surface area contributed by atoms with Crippen LogP contribution in [0.1, 0.15) is 52.1 Å². The zero-order valence-corrected chi connectivity index (χ0v) is 13.0. The lowest BCUT2D eigenvalue weighted by atomic mass is 10.1. The second kappa shape index (κ2) is 9.16. The van der Waals surface area contributed by atoms with Crippen LogP contribution in [0.4, 0.5) is 0 Å². The first kappa shape index (κ1) is 16.3. The molecule has 0 aliphatic carbocycles. The highest BCUT2D eigenvalue weighted by molar-refractivity contribution is 5.15. The Hall–Kier alpha value is -0.800. The van der Waals surface area contributed by atoms with Crippen molar-refractivity contribution in [1.29, 1.82) is 0 Å². The molecule has 1 N–H and O–H groups in total. The summed E-state index contributed by atoms with van der Waals surface area (Å²) >= 11 is 0. The van der Waals surface area contributed by atoms with Crippen LogP contribution < -0.4 is 5.32 Å². The Labute approximate surface area is 118 Å². The number of hydrogen-bond donors (Lipinski definition) is 1. The van der Waals surface area contributed by atoms with Crippen molar-refractivity contribution in [2.24, 2.45) is 5.92 Å². The fourth-order valence-electron chi connectivity index (χ4n) is 2.14. The molecule has 0 bridgehead atoms. The minimum atomic E-state index is 0.480. The number of aromatic nitrogens is 1. The number of ether oxygens (including phenoxy) is 1. The standard InChI is InChI=1S/C16H30N2O/c1-5-16(17-6-2)15-7-9-18(13-15)10-12-19-11-8-14(3)4/h7,9,13-14,16-17H,5-6,8,10-12H2,1-4H3. The predicted molar refractivity (Wildman–Crippen MR) is 81.4 cm³/mol. The molecule has 3 heteroatoms. The SMILES string of the molecule is CCNC(CC)c1ccn(CCOCCC(C)C)c1. The summed E-state index contributed by atoms with van der Waals surface area (Å²) in [4.78, 5) is 0. The van der Waals surface area contributed by atoms with Gasteiger partial charge in [0.15, 0.2) is 0 Å². The van der Waals surface area contributed by atoms with E-state index >= 15 is 0 Å². The Kier molecular flexibility index (Phi) is 7.84. The Morgan fingerprint density at radius 3 is 2.68 bits per heavy atom. The van der Waals surface area contributed by atoms with E-state index in [0.29, 0.717) is 6.04 Å². The average Bonchev–Trinajstić information content (AvgIpc) is 2.83. The fraction of sp³-hybridized carbons (Fsp3) is 0.750. The molecule has 0 aliphatic rings. The number of rotatable bonds is 10. The first-order valence-corrected chi connectivity index (χ1v) is 7.64.